The molecule has 4 aromatic rings. The number of aryl methyl sites for hydroxylation is 1. The first-order valence-corrected chi connectivity index (χ1v) is 10.9. The van der Waals surface area contributed by atoms with Crippen LogP contribution in [0.1, 0.15) is 31.9 Å². The Bertz CT molecular complexity index is 1230. The van der Waals surface area contributed by atoms with Gasteiger partial charge in [0.15, 0.2) is 0 Å². The summed E-state index contributed by atoms with van der Waals surface area (Å²) in [5, 5.41) is 5.43. The minimum Gasteiger partial charge on any atom is -0.324 e. The molecule has 0 aliphatic heterocycles. The molecule has 4 rings (SSSR count). The zero-order valence-electron chi connectivity index (χ0n) is 17.0. The summed E-state index contributed by atoms with van der Waals surface area (Å²) in [5.74, 6) is -0.226. The number of anilines is 1. The molecular weight excluding hydrogens is 394 g/mol. The van der Waals surface area contributed by atoms with E-state index >= 15 is 0 Å². The predicted octanol–water partition coefficient (Wildman–Crippen LogP) is 5.28. The van der Waals surface area contributed by atoms with E-state index in [4.69, 9.17) is 0 Å². The number of nitrogens with one attached hydrogen (secondary N) is 1. The molecule has 2 aromatic carbocycles. The molecule has 0 saturated carbocycles. The van der Waals surface area contributed by atoms with E-state index in [0.717, 1.165) is 17.5 Å². The molecule has 5 nitrogen and oxygen atoms in total. The zero-order valence-corrected chi connectivity index (χ0v) is 17.8. The quantitative estimate of drug-likeness (QED) is 0.464. The highest BCUT2D eigenvalue weighted by molar-refractivity contribution is 7.17. The molecule has 0 fully saturated rings. The number of fused-ring (bicyclic) bond motifs is 1. The van der Waals surface area contributed by atoms with Crippen molar-refractivity contribution < 1.29 is 4.79 Å². The van der Waals surface area contributed by atoms with Crippen LogP contribution in [0.25, 0.3) is 21.3 Å². The predicted molar refractivity (Wildman–Crippen MR) is 123 cm³/mol. The summed E-state index contributed by atoms with van der Waals surface area (Å²) in [5.41, 5.74) is 3.61. The molecule has 1 atom stereocenters. The van der Waals surface area contributed by atoms with E-state index in [1.54, 1.807) is 0 Å². The minimum absolute atomic E-state index is 0.189. The number of para-hydroxylation sites is 1. The van der Waals surface area contributed by atoms with Gasteiger partial charge < -0.3 is 5.32 Å². The Labute approximate surface area is 179 Å². The Kier molecular flexibility index (Phi) is 5.77. The van der Waals surface area contributed by atoms with Gasteiger partial charge in [-0.1, -0.05) is 56.3 Å². The van der Waals surface area contributed by atoms with Crippen molar-refractivity contribution in [1.82, 2.24) is 9.55 Å². The number of aromatic nitrogens is 2. The third-order valence-electron chi connectivity index (χ3n) is 5.26. The number of carbonyl (C=O) groups excluding carboxylic acids is 1. The second-order valence-corrected chi connectivity index (χ2v) is 7.97. The van der Waals surface area contributed by atoms with Crippen LogP contribution in [0, 0.1) is 0 Å². The zero-order chi connectivity index (χ0) is 21.1. The van der Waals surface area contributed by atoms with Gasteiger partial charge in [0.2, 0.25) is 5.91 Å². The van der Waals surface area contributed by atoms with Gasteiger partial charge in [0.1, 0.15) is 10.9 Å². The van der Waals surface area contributed by atoms with Crippen molar-refractivity contribution in [2.24, 2.45) is 0 Å². The first kappa shape index (κ1) is 20.0. The van der Waals surface area contributed by atoms with Crippen molar-refractivity contribution in [2.75, 3.05) is 5.32 Å². The average Bonchev–Trinajstić information content (AvgIpc) is 3.21. The second kappa shape index (κ2) is 8.63. The SMILES string of the molecule is CCc1ccc(-c2csc3ncn(C(CC)C(=O)Nc4ccccc4)c(=O)c23)cc1. The maximum absolute atomic E-state index is 13.4. The Morgan fingerprint density at radius 3 is 2.50 bits per heavy atom. The molecule has 2 aromatic heterocycles. The average molecular weight is 418 g/mol. The van der Waals surface area contributed by atoms with Crippen LogP contribution in [0.2, 0.25) is 0 Å². The lowest BCUT2D eigenvalue weighted by Gasteiger charge is -2.17. The number of hydrogen-bond acceptors (Lipinski definition) is 4. The van der Waals surface area contributed by atoms with Crippen molar-refractivity contribution in [1.29, 1.82) is 0 Å². The van der Waals surface area contributed by atoms with E-state index in [2.05, 4.69) is 29.4 Å². The van der Waals surface area contributed by atoms with E-state index in [-0.39, 0.29) is 11.5 Å². The molecule has 0 aliphatic rings. The van der Waals surface area contributed by atoms with Gasteiger partial charge in [-0.15, -0.1) is 11.3 Å². The lowest BCUT2D eigenvalue weighted by Crippen LogP contribution is -2.33. The summed E-state index contributed by atoms with van der Waals surface area (Å²) in [6, 6.07) is 16.9. The molecule has 0 spiro atoms. The Hall–Kier alpha value is -3.25. The number of carbonyl (C=O) groups is 1. The van der Waals surface area contributed by atoms with Crippen molar-refractivity contribution in [2.45, 2.75) is 32.7 Å². The highest BCUT2D eigenvalue weighted by Crippen LogP contribution is 2.31. The number of amides is 1. The van der Waals surface area contributed by atoms with Gasteiger partial charge >= 0.3 is 0 Å². The largest absolute Gasteiger partial charge is 0.324 e. The van der Waals surface area contributed by atoms with E-state index in [9.17, 15) is 9.59 Å². The normalized spacial score (nSPS) is 12.1. The van der Waals surface area contributed by atoms with Crippen LogP contribution in [-0.4, -0.2) is 15.5 Å². The van der Waals surface area contributed by atoms with Crippen LogP contribution >= 0.6 is 11.3 Å². The standard InChI is InChI=1S/C24H23N3O2S/c1-3-16-10-12-17(13-11-16)19-14-30-23-21(19)24(29)27(15-25-23)20(4-2)22(28)26-18-8-6-5-7-9-18/h5-15,20H,3-4H2,1-2H3,(H,26,28). The summed E-state index contributed by atoms with van der Waals surface area (Å²) in [7, 11) is 0. The summed E-state index contributed by atoms with van der Waals surface area (Å²) in [4.78, 5) is 31.5. The number of hydrogen-bond donors (Lipinski definition) is 1. The third kappa shape index (κ3) is 3.78. The summed E-state index contributed by atoms with van der Waals surface area (Å²) < 4.78 is 1.46. The molecule has 1 N–H and O–H groups in total. The highest BCUT2D eigenvalue weighted by Gasteiger charge is 2.22. The molecule has 1 amide bonds. The van der Waals surface area contributed by atoms with Crippen LogP contribution in [0.3, 0.4) is 0 Å². The van der Waals surface area contributed by atoms with Gasteiger partial charge in [-0.25, -0.2) is 4.98 Å². The first-order chi connectivity index (χ1) is 14.6. The van der Waals surface area contributed by atoms with Gasteiger partial charge in [-0.2, -0.15) is 0 Å². The van der Waals surface area contributed by atoms with E-state index in [1.807, 2.05) is 54.8 Å². The molecule has 0 radical (unpaired) electrons. The Morgan fingerprint density at radius 1 is 1.10 bits per heavy atom. The van der Waals surface area contributed by atoms with Crippen molar-refractivity contribution in [3.8, 4) is 11.1 Å². The lowest BCUT2D eigenvalue weighted by atomic mass is 10.0. The molecule has 2 heterocycles. The van der Waals surface area contributed by atoms with Crippen molar-refractivity contribution >= 4 is 33.1 Å². The van der Waals surface area contributed by atoms with Crippen LogP contribution in [-0.2, 0) is 11.2 Å². The maximum atomic E-state index is 13.4. The fourth-order valence-corrected chi connectivity index (χ4v) is 4.46. The van der Waals surface area contributed by atoms with Gasteiger partial charge in [0, 0.05) is 16.6 Å². The lowest BCUT2D eigenvalue weighted by molar-refractivity contribution is -0.119. The fraction of sp³-hybridized carbons (Fsp3) is 0.208. The number of benzene rings is 2. The first-order valence-electron chi connectivity index (χ1n) is 10.1. The monoisotopic (exact) mass is 417 g/mol. The van der Waals surface area contributed by atoms with Crippen LogP contribution in [0.4, 0.5) is 5.69 Å². The van der Waals surface area contributed by atoms with Gasteiger partial charge in [0.05, 0.1) is 11.7 Å². The Morgan fingerprint density at radius 2 is 1.83 bits per heavy atom. The molecule has 0 saturated heterocycles. The number of thiophene rings is 1. The highest BCUT2D eigenvalue weighted by atomic mass is 32.1. The maximum Gasteiger partial charge on any atom is 0.263 e. The van der Waals surface area contributed by atoms with Crippen molar-refractivity contribution in [3.05, 3.63) is 82.2 Å². The smallest absolute Gasteiger partial charge is 0.263 e. The number of nitrogens with zero attached hydrogens (tertiary/aromatic N) is 2. The summed E-state index contributed by atoms with van der Waals surface area (Å²) in [6.45, 7) is 4.01. The summed E-state index contributed by atoms with van der Waals surface area (Å²) in [6.07, 6.45) is 2.94. The van der Waals surface area contributed by atoms with Crippen molar-refractivity contribution in [3.63, 3.8) is 0 Å². The van der Waals surface area contributed by atoms with Crippen LogP contribution in [0.15, 0.2) is 71.1 Å². The molecule has 0 aliphatic carbocycles. The third-order valence-corrected chi connectivity index (χ3v) is 6.15. The summed E-state index contributed by atoms with van der Waals surface area (Å²) >= 11 is 1.45. The molecule has 1 unspecified atom stereocenters. The van der Waals surface area contributed by atoms with Crippen LogP contribution in [0.5, 0.6) is 0 Å². The minimum atomic E-state index is -0.634. The Balaban J connectivity index is 1.74. The number of rotatable bonds is 6. The molecule has 152 valence electrons. The van der Waals surface area contributed by atoms with Gasteiger partial charge in [0.25, 0.3) is 5.56 Å². The van der Waals surface area contributed by atoms with Gasteiger partial charge in [-0.3, -0.25) is 14.2 Å². The van der Waals surface area contributed by atoms with Crippen LogP contribution < -0.4 is 10.9 Å². The second-order valence-electron chi connectivity index (χ2n) is 7.12. The van der Waals surface area contributed by atoms with Gasteiger partial charge in [-0.05, 0) is 36.1 Å². The molecule has 6 heteroatoms. The topological polar surface area (TPSA) is 64.0 Å². The molecule has 0 bridgehead atoms. The fourth-order valence-electron chi connectivity index (χ4n) is 3.56. The van der Waals surface area contributed by atoms with E-state index in [1.165, 1.54) is 27.8 Å². The van der Waals surface area contributed by atoms with E-state index in [0.29, 0.717) is 22.3 Å². The molecular formula is C24H23N3O2S. The molecule has 30 heavy (non-hydrogen) atoms. The van der Waals surface area contributed by atoms with E-state index < -0.39 is 6.04 Å².